The summed E-state index contributed by atoms with van der Waals surface area (Å²) in [5, 5.41) is 0.411. The Balaban J connectivity index is 2.37. The van der Waals surface area contributed by atoms with E-state index in [-0.39, 0.29) is 13.0 Å². The molecule has 2 bridgehead atoms. The molecule has 0 unspecified atom stereocenters. The summed E-state index contributed by atoms with van der Waals surface area (Å²) >= 11 is 5.76. The van der Waals surface area contributed by atoms with E-state index < -0.39 is 41.3 Å². The van der Waals surface area contributed by atoms with Crippen molar-refractivity contribution in [3.63, 3.8) is 0 Å². The molecule has 9 heteroatoms. The van der Waals surface area contributed by atoms with Crippen LogP contribution in [0.3, 0.4) is 0 Å². The van der Waals surface area contributed by atoms with Crippen molar-refractivity contribution in [1.82, 2.24) is 5.32 Å². The molecule has 0 aromatic carbocycles. The molecule has 1 N–H and O–H groups in total. The highest BCUT2D eigenvalue weighted by atomic mass is 35.5. The van der Waals surface area contributed by atoms with Crippen LogP contribution in [-0.4, -0.2) is 42.0 Å². The van der Waals surface area contributed by atoms with Gasteiger partial charge in [0.1, 0.15) is 0 Å². The standard InChI is InChI=1S/C10H12ClF6NO/c1-2-19-5-3-4-6(11)7(5)18-8(4,9(12,13)14)10(15,16)17/h4-7,18H,2-3H2,1H3/t4-,5-,6-,7-/m0/s1. The zero-order valence-corrected chi connectivity index (χ0v) is 10.5. The molecule has 0 radical (unpaired) electrons. The van der Waals surface area contributed by atoms with Gasteiger partial charge in [-0.3, -0.25) is 5.32 Å². The second kappa shape index (κ2) is 4.39. The fourth-order valence-corrected chi connectivity index (χ4v) is 3.59. The molecule has 4 atom stereocenters. The van der Waals surface area contributed by atoms with Gasteiger partial charge in [0.2, 0.25) is 5.54 Å². The maximum Gasteiger partial charge on any atom is 0.415 e. The molecule has 1 saturated carbocycles. The fraction of sp³-hybridized carbons (Fsp3) is 1.00. The summed E-state index contributed by atoms with van der Waals surface area (Å²) < 4.78 is 83.0. The molecule has 0 spiro atoms. The van der Waals surface area contributed by atoms with Crippen LogP contribution in [0, 0.1) is 5.92 Å². The van der Waals surface area contributed by atoms with Crippen LogP contribution < -0.4 is 5.32 Å². The molecule has 0 aromatic heterocycles. The number of hydrogen-bond acceptors (Lipinski definition) is 2. The highest BCUT2D eigenvalue weighted by molar-refractivity contribution is 6.22. The lowest BCUT2D eigenvalue weighted by Crippen LogP contribution is -2.70. The lowest BCUT2D eigenvalue weighted by Gasteiger charge is -2.42. The first-order valence-electron chi connectivity index (χ1n) is 5.73. The van der Waals surface area contributed by atoms with E-state index in [4.69, 9.17) is 16.3 Å². The van der Waals surface area contributed by atoms with Crippen LogP contribution in [0.4, 0.5) is 26.3 Å². The largest absolute Gasteiger partial charge is 0.415 e. The molecule has 2 aliphatic rings. The van der Waals surface area contributed by atoms with Crippen molar-refractivity contribution in [3.8, 4) is 0 Å². The average Bonchev–Trinajstić information content (AvgIpc) is 2.68. The Morgan fingerprint density at radius 3 is 2.05 bits per heavy atom. The number of hydrogen-bond donors (Lipinski definition) is 1. The molecule has 1 aliphatic heterocycles. The quantitative estimate of drug-likeness (QED) is 0.625. The summed E-state index contributed by atoms with van der Waals surface area (Å²) in [6.45, 7) is 1.83. The van der Waals surface area contributed by atoms with Gasteiger partial charge in [0.15, 0.2) is 0 Å². The average molecular weight is 312 g/mol. The van der Waals surface area contributed by atoms with Gasteiger partial charge in [-0.1, -0.05) is 0 Å². The first-order valence-corrected chi connectivity index (χ1v) is 6.16. The summed E-state index contributed by atoms with van der Waals surface area (Å²) in [6.07, 6.45) is -12.0. The minimum absolute atomic E-state index is 0.213. The number of ether oxygens (including phenoxy) is 1. The Bertz CT molecular complexity index is 343. The molecule has 0 amide bonds. The van der Waals surface area contributed by atoms with Gasteiger partial charge < -0.3 is 4.74 Å². The van der Waals surface area contributed by atoms with Crippen LogP contribution >= 0.6 is 11.6 Å². The van der Waals surface area contributed by atoms with Crippen molar-refractivity contribution >= 4 is 11.6 Å². The van der Waals surface area contributed by atoms with Crippen molar-refractivity contribution in [3.05, 3.63) is 0 Å². The van der Waals surface area contributed by atoms with Crippen LogP contribution in [0.5, 0.6) is 0 Å². The normalized spacial score (nSPS) is 37.9. The third-order valence-electron chi connectivity index (χ3n) is 3.84. The number of nitrogens with one attached hydrogen (secondary N) is 1. The van der Waals surface area contributed by atoms with E-state index in [9.17, 15) is 26.3 Å². The van der Waals surface area contributed by atoms with Gasteiger partial charge in [-0.25, -0.2) is 0 Å². The van der Waals surface area contributed by atoms with E-state index in [1.807, 2.05) is 0 Å². The van der Waals surface area contributed by atoms with Gasteiger partial charge in [0.05, 0.1) is 17.5 Å². The highest BCUT2D eigenvalue weighted by Gasteiger charge is 2.81. The summed E-state index contributed by atoms with van der Waals surface area (Å²) in [4.78, 5) is 0. The Morgan fingerprint density at radius 2 is 1.74 bits per heavy atom. The predicted molar refractivity (Wildman–Crippen MR) is 54.9 cm³/mol. The molecule has 1 aliphatic carbocycles. The van der Waals surface area contributed by atoms with Crippen molar-refractivity contribution in [2.24, 2.45) is 5.92 Å². The molecule has 1 heterocycles. The predicted octanol–water partition coefficient (Wildman–Crippen LogP) is 2.85. The molecular weight excluding hydrogens is 300 g/mol. The summed E-state index contributed by atoms with van der Waals surface area (Å²) in [5.41, 5.74) is -3.93. The fourth-order valence-electron chi connectivity index (χ4n) is 3.07. The maximum absolute atomic E-state index is 13.0. The van der Waals surface area contributed by atoms with Crippen LogP contribution in [0.25, 0.3) is 0 Å². The Labute approximate surface area is 110 Å². The van der Waals surface area contributed by atoms with Crippen LogP contribution in [0.2, 0.25) is 0 Å². The Morgan fingerprint density at radius 1 is 1.21 bits per heavy atom. The van der Waals surface area contributed by atoms with Gasteiger partial charge in [-0.05, 0) is 13.3 Å². The molecule has 2 fully saturated rings. The highest BCUT2D eigenvalue weighted by Crippen LogP contribution is 2.58. The van der Waals surface area contributed by atoms with Crippen LogP contribution in [0.1, 0.15) is 13.3 Å². The summed E-state index contributed by atoms with van der Waals surface area (Å²) in [6, 6.07) is -1.14. The Kier molecular flexibility index (Phi) is 3.51. The Hall–Kier alpha value is -0.210. The monoisotopic (exact) mass is 311 g/mol. The molecule has 2 nitrogen and oxygen atoms in total. The lowest BCUT2D eigenvalue weighted by atomic mass is 9.82. The van der Waals surface area contributed by atoms with Crippen molar-refractivity contribution in [2.45, 2.75) is 48.8 Å². The smallest absolute Gasteiger partial charge is 0.377 e. The third kappa shape index (κ3) is 1.94. The number of piperidine rings is 1. The maximum atomic E-state index is 13.0. The van der Waals surface area contributed by atoms with E-state index in [0.29, 0.717) is 0 Å². The van der Waals surface area contributed by atoms with Crippen LogP contribution in [0.15, 0.2) is 0 Å². The van der Waals surface area contributed by atoms with Crippen molar-refractivity contribution in [2.75, 3.05) is 6.61 Å². The number of halogens is 7. The number of alkyl halides is 7. The molecule has 2 rings (SSSR count). The van der Waals surface area contributed by atoms with Gasteiger partial charge in [0.25, 0.3) is 0 Å². The number of fused-ring (bicyclic) bond motifs is 2. The molecule has 1 saturated heterocycles. The zero-order chi connectivity index (χ0) is 14.6. The summed E-state index contributed by atoms with van der Waals surface area (Å²) in [5.74, 6) is -1.77. The van der Waals surface area contributed by atoms with E-state index in [2.05, 4.69) is 0 Å². The first-order chi connectivity index (χ1) is 8.56. The zero-order valence-electron chi connectivity index (χ0n) is 9.78. The number of rotatable bonds is 2. The van der Waals surface area contributed by atoms with Crippen molar-refractivity contribution in [1.29, 1.82) is 0 Å². The minimum Gasteiger partial charge on any atom is -0.377 e. The van der Waals surface area contributed by atoms with Gasteiger partial charge >= 0.3 is 12.4 Å². The van der Waals surface area contributed by atoms with E-state index in [0.717, 1.165) is 0 Å². The molecule has 19 heavy (non-hydrogen) atoms. The molecule has 112 valence electrons. The van der Waals surface area contributed by atoms with Gasteiger partial charge in [0, 0.05) is 12.5 Å². The van der Waals surface area contributed by atoms with Gasteiger partial charge in [-0.2, -0.15) is 26.3 Å². The van der Waals surface area contributed by atoms with Gasteiger partial charge in [-0.15, -0.1) is 11.6 Å². The van der Waals surface area contributed by atoms with E-state index >= 15 is 0 Å². The third-order valence-corrected chi connectivity index (χ3v) is 4.42. The topological polar surface area (TPSA) is 21.3 Å². The molecular formula is C10H12ClF6NO. The second-order valence-electron chi connectivity index (χ2n) is 4.75. The van der Waals surface area contributed by atoms with E-state index in [1.54, 1.807) is 12.2 Å². The molecule has 0 aromatic rings. The summed E-state index contributed by atoms with van der Waals surface area (Å²) in [7, 11) is 0. The first kappa shape index (κ1) is 15.2. The second-order valence-corrected chi connectivity index (χ2v) is 5.26. The SMILES string of the molecule is CCO[C@H]1C[C@H]2[C@H](Cl)[C@H]1NC2(C(F)(F)F)C(F)(F)F. The lowest BCUT2D eigenvalue weighted by molar-refractivity contribution is -0.321. The van der Waals surface area contributed by atoms with Crippen LogP contribution in [-0.2, 0) is 4.74 Å². The van der Waals surface area contributed by atoms with Crippen molar-refractivity contribution < 1.29 is 31.1 Å². The minimum atomic E-state index is -5.45. The van der Waals surface area contributed by atoms with E-state index in [1.165, 1.54) is 0 Å².